The van der Waals surface area contributed by atoms with Crippen LogP contribution >= 0.6 is 0 Å². The van der Waals surface area contributed by atoms with Gasteiger partial charge in [0, 0.05) is 56.0 Å². The van der Waals surface area contributed by atoms with Gasteiger partial charge >= 0.3 is 0 Å². The number of piperidine rings is 1. The van der Waals surface area contributed by atoms with Crippen LogP contribution in [0.5, 0.6) is 0 Å². The first-order valence-corrected chi connectivity index (χ1v) is 13.2. The van der Waals surface area contributed by atoms with Gasteiger partial charge in [0.2, 0.25) is 0 Å². The fraction of sp³-hybridized carbons (Fsp3) is 0.464. The number of imidazole rings is 1. The second-order valence-corrected chi connectivity index (χ2v) is 10.8. The van der Waals surface area contributed by atoms with Gasteiger partial charge < -0.3 is 24.5 Å². The number of methoxy groups -OCH3 is 1. The summed E-state index contributed by atoms with van der Waals surface area (Å²) in [5.41, 5.74) is 9.33. The molecule has 4 heterocycles. The molecule has 3 aromatic heterocycles. The molecule has 0 spiro atoms. The largest absolute Gasteiger partial charge is 0.383 e. The molecule has 192 valence electrons. The highest BCUT2D eigenvalue weighted by Gasteiger charge is 2.47. The molecule has 0 radical (unpaired) electrons. The molecule has 7 rings (SSSR count). The number of benzene rings is 1. The van der Waals surface area contributed by atoms with Gasteiger partial charge in [-0.05, 0) is 67.9 Å². The van der Waals surface area contributed by atoms with Crippen LogP contribution in [0, 0.1) is 17.7 Å². The number of halogens is 1. The lowest BCUT2D eigenvalue weighted by atomic mass is 10.1. The van der Waals surface area contributed by atoms with Crippen LogP contribution < -0.4 is 5.73 Å². The van der Waals surface area contributed by atoms with Gasteiger partial charge in [0.15, 0.2) is 5.82 Å². The predicted octanol–water partition coefficient (Wildman–Crippen LogP) is 3.81. The summed E-state index contributed by atoms with van der Waals surface area (Å²) in [4.78, 5) is 24.9. The molecular formula is C28H31FN6O2. The quantitative estimate of drug-likeness (QED) is 0.415. The number of nitrogens with zero attached hydrogens (tertiary/aromatic N) is 5. The van der Waals surface area contributed by atoms with E-state index in [0.717, 1.165) is 36.1 Å². The lowest BCUT2D eigenvalue weighted by Gasteiger charge is -2.27. The molecule has 1 amide bonds. The van der Waals surface area contributed by atoms with Gasteiger partial charge in [-0.3, -0.25) is 4.79 Å². The number of fused-ring (bicyclic) bond motifs is 4. The van der Waals surface area contributed by atoms with Crippen LogP contribution in [0.2, 0.25) is 0 Å². The monoisotopic (exact) mass is 502 g/mol. The Morgan fingerprint density at radius 1 is 1.19 bits per heavy atom. The lowest BCUT2D eigenvalue weighted by Crippen LogP contribution is -2.41. The summed E-state index contributed by atoms with van der Waals surface area (Å²) in [6.45, 7) is 2.35. The predicted molar refractivity (Wildman–Crippen MR) is 139 cm³/mol. The van der Waals surface area contributed by atoms with E-state index in [1.54, 1.807) is 19.4 Å². The summed E-state index contributed by atoms with van der Waals surface area (Å²) in [5, 5.41) is 1.03. The third kappa shape index (κ3) is 3.67. The highest BCUT2D eigenvalue weighted by molar-refractivity contribution is 5.98. The zero-order valence-electron chi connectivity index (χ0n) is 20.9. The van der Waals surface area contributed by atoms with Crippen LogP contribution in [-0.4, -0.2) is 62.3 Å². The van der Waals surface area contributed by atoms with E-state index in [2.05, 4.69) is 15.6 Å². The lowest BCUT2D eigenvalue weighted by molar-refractivity contribution is 0.0700. The molecule has 2 saturated carbocycles. The number of nitrogens with two attached hydrogens (primary N) is 1. The Hall–Kier alpha value is -3.30. The summed E-state index contributed by atoms with van der Waals surface area (Å²) in [6.07, 6.45) is 6.18. The van der Waals surface area contributed by atoms with Crippen molar-refractivity contribution in [3.63, 3.8) is 0 Å². The van der Waals surface area contributed by atoms with Crippen LogP contribution in [0.4, 0.5) is 4.39 Å². The first-order chi connectivity index (χ1) is 18.0. The zero-order chi connectivity index (χ0) is 25.3. The normalized spacial score (nSPS) is 23.1. The summed E-state index contributed by atoms with van der Waals surface area (Å²) >= 11 is 0. The second kappa shape index (κ2) is 8.63. The van der Waals surface area contributed by atoms with Crippen molar-refractivity contribution in [1.29, 1.82) is 0 Å². The fourth-order valence-corrected chi connectivity index (χ4v) is 6.40. The number of carbonyl (C=O) groups is 1. The highest BCUT2D eigenvalue weighted by Crippen LogP contribution is 2.39. The van der Waals surface area contributed by atoms with Crippen molar-refractivity contribution in [2.24, 2.45) is 17.6 Å². The van der Waals surface area contributed by atoms with Gasteiger partial charge in [-0.15, -0.1) is 0 Å². The smallest absolute Gasteiger partial charge is 0.254 e. The summed E-state index contributed by atoms with van der Waals surface area (Å²) < 4.78 is 25.2. The maximum Gasteiger partial charge on any atom is 0.254 e. The Morgan fingerprint density at radius 3 is 2.78 bits per heavy atom. The van der Waals surface area contributed by atoms with Crippen LogP contribution in [-0.2, 0) is 17.8 Å². The van der Waals surface area contributed by atoms with E-state index in [-0.39, 0.29) is 18.0 Å². The molecule has 37 heavy (non-hydrogen) atoms. The van der Waals surface area contributed by atoms with Gasteiger partial charge in [0.05, 0.1) is 17.8 Å². The third-order valence-electron chi connectivity index (χ3n) is 8.50. The van der Waals surface area contributed by atoms with E-state index in [0.29, 0.717) is 54.0 Å². The SMILES string of the molecule is COCCn1c(-c2cc3cccnc3n2CC2CC2)nc2cc(C(=O)N3C[C@H]4CC[C@@H]3[C@@H]4N)cc(F)c21. The second-order valence-electron chi connectivity index (χ2n) is 10.8. The molecule has 1 aliphatic heterocycles. The van der Waals surface area contributed by atoms with Crippen molar-refractivity contribution in [1.82, 2.24) is 24.0 Å². The summed E-state index contributed by atoms with van der Waals surface area (Å²) in [7, 11) is 1.63. The minimum Gasteiger partial charge on any atom is -0.383 e. The Kier molecular flexibility index (Phi) is 5.33. The molecule has 9 heteroatoms. The molecular weight excluding hydrogens is 471 g/mol. The minimum atomic E-state index is -0.452. The molecule has 3 aliphatic rings. The number of hydrogen-bond donors (Lipinski definition) is 1. The zero-order valence-corrected chi connectivity index (χ0v) is 20.9. The Balaban J connectivity index is 1.36. The van der Waals surface area contributed by atoms with E-state index in [1.807, 2.05) is 21.6 Å². The fourth-order valence-electron chi connectivity index (χ4n) is 6.40. The van der Waals surface area contributed by atoms with Crippen LogP contribution in [0.1, 0.15) is 36.0 Å². The van der Waals surface area contributed by atoms with Crippen molar-refractivity contribution in [3.05, 3.63) is 47.9 Å². The van der Waals surface area contributed by atoms with E-state index >= 15 is 4.39 Å². The first-order valence-electron chi connectivity index (χ1n) is 13.2. The topological polar surface area (TPSA) is 91.2 Å². The average molecular weight is 503 g/mol. The van der Waals surface area contributed by atoms with Crippen molar-refractivity contribution in [2.75, 3.05) is 20.3 Å². The molecule has 2 bridgehead atoms. The maximum absolute atomic E-state index is 15.8. The number of carbonyl (C=O) groups excluding carboxylic acids is 1. The standard InChI is InChI=1S/C28H31FN6O2/c1-37-10-9-33-25-20(29)11-19(28(36)35-15-18-6-7-22(35)24(18)30)12-21(25)32-27(33)23-13-17-3-2-8-31-26(17)34(23)14-16-4-5-16/h2-3,8,11-13,16,18,22,24H,4-7,9-10,14-15,30H2,1H3/t18-,22-,24-/m1/s1. The molecule has 3 fully saturated rings. The third-order valence-corrected chi connectivity index (χ3v) is 8.50. The van der Waals surface area contributed by atoms with Gasteiger partial charge in [0.1, 0.15) is 17.0 Å². The van der Waals surface area contributed by atoms with Gasteiger partial charge in [-0.1, -0.05) is 0 Å². The van der Waals surface area contributed by atoms with E-state index in [1.165, 1.54) is 18.9 Å². The van der Waals surface area contributed by atoms with Crippen molar-refractivity contribution >= 4 is 28.0 Å². The van der Waals surface area contributed by atoms with Crippen molar-refractivity contribution in [3.8, 4) is 11.5 Å². The van der Waals surface area contributed by atoms with Gasteiger partial charge in [-0.25, -0.2) is 14.4 Å². The number of rotatable bonds is 7. The number of likely N-dealkylation sites (tertiary alicyclic amines) is 1. The number of aromatic nitrogens is 4. The van der Waals surface area contributed by atoms with Gasteiger partial charge in [0.25, 0.3) is 5.91 Å². The first kappa shape index (κ1) is 22.9. The average Bonchev–Trinajstić information content (AvgIpc) is 3.25. The maximum atomic E-state index is 15.8. The van der Waals surface area contributed by atoms with Crippen LogP contribution in [0.3, 0.4) is 0 Å². The molecule has 1 saturated heterocycles. The Bertz CT molecular complexity index is 1520. The number of amides is 1. The van der Waals surface area contributed by atoms with Crippen LogP contribution in [0.25, 0.3) is 33.6 Å². The molecule has 0 unspecified atom stereocenters. The van der Waals surface area contributed by atoms with Gasteiger partial charge in [-0.2, -0.15) is 0 Å². The highest BCUT2D eigenvalue weighted by atomic mass is 19.1. The molecule has 2 N–H and O–H groups in total. The Labute approximate surface area is 214 Å². The molecule has 4 aromatic rings. The number of ether oxygens (including phenoxy) is 1. The van der Waals surface area contributed by atoms with Crippen molar-refractivity contribution < 1.29 is 13.9 Å². The number of hydrogen-bond acceptors (Lipinski definition) is 5. The number of pyridine rings is 1. The molecule has 1 aromatic carbocycles. The van der Waals surface area contributed by atoms with Crippen molar-refractivity contribution in [2.45, 2.75) is 50.9 Å². The summed E-state index contributed by atoms with van der Waals surface area (Å²) in [6, 6.07) is 9.20. The van der Waals surface area contributed by atoms with Crippen LogP contribution in [0.15, 0.2) is 36.5 Å². The van der Waals surface area contributed by atoms with E-state index in [4.69, 9.17) is 15.5 Å². The molecule has 2 aliphatic carbocycles. The minimum absolute atomic E-state index is 0.0133. The van der Waals surface area contributed by atoms with E-state index < -0.39 is 5.82 Å². The molecule has 8 nitrogen and oxygen atoms in total. The van der Waals surface area contributed by atoms with E-state index in [9.17, 15) is 4.79 Å². The summed E-state index contributed by atoms with van der Waals surface area (Å²) in [5.74, 6) is 1.01. The molecule has 3 atom stereocenters. The Morgan fingerprint density at radius 2 is 2.05 bits per heavy atom.